The first kappa shape index (κ1) is 8.74. The van der Waals surface area contributed by atoms with E-state index in [9.17, 15) is 0 Å². The summed E-state index contributed by atoms with van der Waals surface area (Å²) in [4.78, 5) is 0. The van der Waals surface area contributed by atoms with E-state index in [1.807, 2.05) is 6.08 Å². The van der Waals surface area contributed by atoms with Crippen LogP contribution >= 0.6 is 0 Å². The van der Waals surface area contributed by atoms with Crippen LogP contribution in [0.3, 0.4) is 0 Å². The Labute approximate surface area is 84.0 Å². The van der Waals surface area contributed by atoms with Crippen LogP contribution in [0, 0.1) is 0 Å². The van der Waals surface area contributed by atoms with Gasteiger partial charge in [-0.2, -0.15) is 0 Å². The van der Waals surface area contributed by atoms with Gasteiger partial charge < -0.3 is 14.2 Å². The smallest absolute Gasteiger partial charge is 0.127 e. The Balaban J connectivity index is 1.72. The molecule has 3 rings (SSSR count). The Bertz CT molecular complexity index is 215. The zero-order chi connectivity index (χ0) is 9.38. The summed E-state index contributed by atoms with van der Waals surface area (Å²) >= 11 is 0. The third-order valence-corrected chi connectivity index (χ3v) is 3.33. The van der Waals surface area contributed by atoms with Crippen molar-refractivity contribution in [1.82, 2.24) is 0 Å². The van der Waals surface area contributed by atoms with Gasteiger partial charge >= 0.3 is 0 Å². The first-order valence-electron chi connectivity index (χ1n) is 5.51. The molecule has 0 aliphatic carbocycles. The highest BCUT2D eigenvalue weighted by Crippen LogP contribution is 2.33. The summed E-state index contributed by atoms with van der Waals surface area (Å²) in [6.07, 6.45) is 9.21. The van der Waals surface area contributed by atoms with Gasteiger partial charge in [0.05, 0.1) is 24.6 Å². The third-order valence-electron chi connectivity index (χ3n) is 3.33. The minimum Gasteiger partial charge on any atom is -0.496 e. The van der Waals surface area contributed by atoms with E-state index in [2.05, 4.69) is 0 Å². The maximum Gasteiger partial charge on any atom is 0.127 e. The highest BCUT2D eigenvalue weighted by molar-refractivity contribution is 4.96. The van der Waals surface area contributed by atoms with Gasteiger partial charge in [0.25, 0.3) is 0 Å². The van der Waals surface area contributed by atoms with Gasteiger partial charge in [0.1, 0.15) is 6.10 Å². The number of fused-ring (bicyclic) bond motifs is 2. The summed E-state index contributed by atoms with van der Waals surface area (Å²) in [6.45, 7) is 0.887. The Morgan fingerprint density at radius 1 is 1.07 bits per heavy atom. The maximum atomic E-state index is 5.99. The van der Waals surface area contributed by atoms with Crippen LogP contribution < -0.4 is 0 Å². The van der Waals surface area contributed by atoms with Crippen LogP contribution in [0.15, 0.2) is 12.3 Å². The van der Waals surface area contributed by atoms with Crippen molar-refractivity contribution in [2.24, 2.45) is 0 Å². The molecule has 3 nitrogen and oxygen atoms in total. The average Bonchev–Trinajstić information content (AvgIpc) is 2.26. The molecule has 2 fully saturated rings. The van der Waals surface area contributed by atoms with Crippen LogP contribution in [0.1, 0.15) is 25.7 Å². The summed E-state index contributed by atoms with van der Waals surface area (Å²) in [5.41, 5.74) is 0. The Morgan fingerprint density at radius 3 is 3.07 bits per heavy atom. The average molecular weight is 196 g/mol. The van der Waals surface area contributed by atoms with Crippen molar-refractivity contribution >= 4 is 0 Å². The van der Waals surface area contributed by atoms with E-state index in [4.69, 9.17) is 14.2 Å². The molecule has 4 atom stereocenters. The van der Waals surface area contributed by atoms with Crippen molar-refractivity contribution in [2.75, 3.05) is 6.61 Å². The molecule has 3 aliphatic heterocycles. The monoisotopic (exact) mass is 196 g/mol. The van der Waals surface area contributed by atoms with Crippen LogP contribution in [0.25, 0.3) is 0 Å². The first-order valence-corrected chi connectivity index (χ1v) is 5.51. The minimum absolute atomic E-state index is 0.222. The second-order valence-corrected chi connectivity index (χ2v) is 4.28. The van der Waals surface area contributed by atoms with Crippen LogP contribution in [0.5, 0.6) is 0 Å². The first-order chi connectivity index (χ1) is 6.93. The van der Waals surface area contributed by atoms with Crippen molar-refractivity contribution in [3.63, 3.8) is 0 Å². The van der Waals surface area contributed by atoms with Gasteiger partial charge in [-0.15, -0.1) is 0 Å². The topological polar surface area (TPSA) is 27.7 Å². The van der Waals surface area contributed by atoms with E-state index in [1.54, 1.807) is 6.26 Å². The van der Waals surface area contributed by atoms with Crippen molar-refractivity contribution in [1.29, 1.82) is 0 Å². The van der Waals surface area contributed by atoms with Crippen LogP contribution in [-0.4, -0.2) is 31.0 Å². The highest BCUT2D eigenvalue weighted by atomic mass is 16.6. The summed E-state index contributed by atoms with van der Waals surface area (Å²) in [7, 11) is 0. The van der Waals surface area contributed by atoms with Crippen molar-refractivity contribution < 1.29 is 14.2 Å². The van der Waals surface area contributed by atoms with Crippen molar-refractivity contribution in [2.45, 2.75) is 50.1 Å². The molecule has 2 unspecified atom stereocenters. The van der Waals surface area contributed by atoms with Gasteiger partial charge in [-0.3, -0.25) is 0 Å². The predicted molar refractivity (Wildman–Crippen MR) is 50.9 cm³/mol. The zero-order valence-electron chi connectivity index (χ0n) is 8.22. The fraction of sp³-hybridized carbons (Fsp3) is 0.818. The van der Waals surface area contributed by atoms with E-state index >= 15 is 0 Å². The standard InChI is InChI=1S/C11H16O3/c1-3-8-10(12-5-1)7-11-9(14-8)4-2-6-13-11/h1,5,8-11H,2-4,6-7H2/t8?,9-,10?,11-/m1/s1. The van der Waals surface area contributed by atoms with Gasteiger partial charge in [0.2, 0.25) is 0 Å². The Morgan fingerprint density at radius 2 is 2.07 bits per heavy atom. The SMILES string of the molecule is C1=COC2C[C@H]3OCCC[C@H]3OC2C1. The maximum absolute atomic E-state index is 5.99. The van der Waals surface area contributed by atoms with Crippen LogP contribution in [0.2, 0.25) is 0 Å². The molecule has 0 N–H and O–H groups in total. The van der Waals surface area contributed by atoms with Gasteiger partial charge in [-0.05, 0) is 25.3 Å². The van der Waals surface area contributed by atoms with E-state index in [1.165, 1.54) is 0 Å². The lowest BCUT2D eigenvalue weighted by Crippen LogP contribution is -2.51. The fourth-order valence-electron chi connectivity index (χ4n) is 2.58. The lowest BCUT2D eigenvalue weighted by molar-refractivity contribution is -0.205. The number of rotatable bonds is 0. The molecule has 0 spiro atoms. The van der Waals surface area contributed by atoms with Gasteiger partial charge in [0.15, 0.2) is 0 Å². The van der Waals surface area contributed by atoms with Crippen molar-refractivity contribution in [3.8, 4) is 0 Å². The number of hydrogen-bond acceptors (Lipinski definition) is 3. The molecule has 0 bridgehead atoms. The predicted octanol–water partition coefficient (Wildman–Crippen LogP) is 1.63. The molecule has 78 valence electrons. The fourth-order valence-corrected chi connectivity index (χ4v) is 2.58. The molecule has 14 heavy (non-hydrogen) atoms. The van der Waals surface area contributed by atoms with E-state index in [-0.39, 0.29) is 18.3 Å². The third kappa shape index (κ3) is 1.44. The van der Waals surface area contributed by atoms with Crippen LogP contribution in [0.4, 0.5) is 0 Å². The Kier molecular flexibility index (Phi) is 2.22. The van der Waals surface area contributed by atoms with Crippen molar-refractivity contribution in [3.05, 3.63) is 12.3 Å². The highest BCUT2D eigenvalue weighted by Gasteiger charge is 2.41. The molecule has 0 aromatic heterocycles. The quantitative estimate of drug-likeness (QED) is 0.589. The van der Waals surface area contributed by atoms with Gasteiger partial charge in [-0.25, -0.2) is 0 Å². The molecular formula is C11H16O3. The molecule has 0 radical (unpaired) electrons. The zero-order valence-corrected chi connectivity index (χ0v) is 8.22. The summed E-state index contributed by atoms with van der Waals surface area (Å²) in [5, 5.41) is 0. The Hall–Kier alpha value is -0.540. The molecule has 0 aromatic carbocycles. The second-order valence-electron chi connectivity index (χ2n) is 4.28. The summed E-state index contributed by atoms with van der Waals surface area (Å²) in [6, 6.07) is 0. The molecule has 3 heterocycles. The summed E-state index contributed by atoms with van der Waals surface area (Å²) in [5.74, 6) is 0. The molecule has 0 saturated carbocycles. The number of hydrogen-bond donors (Lipinski definition) is 0. The van der Waals surface area contributed by atoms with Crippen LogP contribution in [-0.2, 0) is 14.2 Å². The molecule has 2 saturated heterocycles. The van der Waals surface area contributed by atoms with E-state index in [0.29, 0.717) is 6.10 Å². The normalized spacial score (nSPS) is 46.3. The van der Waals surface area contributed by atoms with Gasteiger partial charge in [0, 0.05) is 13.0 Å². The lowest BCUT2D eigenvalue weighted by Gasteiger charge is -2.43. The minimum atomic E-state index is 0.222. The molecule has 3 aliphatic rings. The molecule has 0 aromatic rings. The van der Waals surface area contributed by atoms with Gasteiger partial charge in [-0.1, -0.05) is 0 Å². The summed E-state index contributed by atoms with van der Waals surface area (Å²) < 4.78 is 17.2. The number of ether oxygens (including phenoxy) is 3. The lowest BCUT2D eigenvalue weighted by atomic mass is 9.92. The largest absolute Gasteiger partial charge is 0.496 e. The second kappa shape index (κ2) is 3.55. The molecule has 0 amide bonds. The van der Waals surface area contributed by atoms with E-state index in [0.717, 1.165) is 32.3 Å². The molecular weight excluding hydrogens is 180 g/mol. The van der Waals surface area contributed by atoms with E-state index < -0.39 is 0 Å². The molecule has 3 heteroatoms.